The lowest BCUT2D eigenvalue weighted by atomic mass is 10.1. The highest BCUT2D eigenvalue weighted by atomic mass is 32.1. The van der Waals surface area contributed by atoms with E-state index in [0.717, 1.165) is 27.3 Å². The average molecular weight is 276 g/mol. The number of ether oxygens (including phenoxy) is 1. The summed E-state index contributed by atoms with van der Waals surface area (Å²) >= 11 is 1.29. The maximum Gasteiger partial charge on any atom is 0.345 e. The van der Waals surface area contributed by atoms with Crippen molar-refractivity contribution in [1.29, 1.82) is 0 Å². The minimum absolute atomic E-state index is 0.359. The van der Waals surface area contributed by atoms with Gasteiger partial charge < -0.3 is 9.84 Å². The molecule has 4 heteroatoms. The standard InChI is InChI=1S/C15H16O3S/c1-9-5-4-6-10(2)14(9)18-8-12-7-13(15(16)17)19-11(12)3/h4-7H,8H2,1-3H3,(H,16,17). The molecular weight excluding hydrogens is 260 g/mol. The SMILES string of the molecule is Cc1cccc(C)c1OCc1cc(C(=O)O)sc1C. The molecule has 0 aliphatic heterocycles. The highest BCUT2D eigenvalue weighted by Gasteiger charge is 2.12. The van der Waals surface area contributed by atoms with Crippen LogP contribution < -0.4 is 4.74 Å². The second-order valence-corrected chi connectivity index (χ2v) is 5.76. The number of para-hydroxylation sites is 1. The van der Waals surface area contributed by atoms with E-state index in [2.05, 4.69) is 0 Å². The maximum atomic E-state index is 10.9. The van der Waals surface area contributed by atoms with E-state index >= 15 is 0 Å². The summed E-state index contributed by atoms with van der Waals surface area (Å²) in [6.45, 7) is 6.33. The van der Waals surface area contributed by atoms with Gasteiger partial charge in [-0.3, -0.25) is 0 Å². The molecule has 0 atom stereocenters. The van der Waals surface area contributed by atoms with Gasteiger partial charge in [-0.15, -0.1) is 11.3 Å². The van der Waals surface area contributed by atoms with Crippen molar-refractivity contribution in [1.82, 2.24) is 0 Å². The molecule has 0 spiro atoms. The second-order valence-electron chi connectivity index (χ2n) is 4.51. The van der Waals surface area contributed by atoms with Crippen LogP contribution in [0.4, 0.5) is 0 Å². The number of thiophene rings is 1. The second kappa shape index (κ2) is 5.45. The molecule has 0 bridgehead atoms. The molecule has 2 aromatic rings. The van der Waals surface area contributed by atoms with Crippen LogP contribution in [0.5, 0.6) is 5.75 Å². The van der Waals surface area contributed by atoms with E-state index in [-0.39, 0.29) is 0 Å². The van der Waals surface area contributed by atoms with Gasteiger partial charge in [0, 0.05) is 10.4 Å². The zero-order chi connectivity index (χ0) is 14.0. The van der Waals surface area contributed by atoms with Gasteiger partial charge in [0.15, 0.2) is 0 Å². The molecule has 19 heavy (non-hydrogen) atoms. The minimum Gasteiger partial charge on any atom is -0.488 e. The number of benzene rings is 1. The van der Waals surface area contributed by atoms with Crippen LogP contribution in [-0.4, -0.2) is 11.1 Å². The van der Waals surface area contributed by atoms with Crippen LogP contribution in [0.3, 0.4) is 0 Å². The van der Waals surface area contributed by atoms with Crippen molar-refractivity contribution in [3.8, 4) is 5.75 Å². The van der Waals surface area contributed by atoms with Crippen molar-refractivity contribution in [2.24, 2.45) is 0 Å². The first-order valence-corrected chi connectivity index (χ1v) is 6.82. The summed E-state index contributed by atoms with van der Waals surface area (Å²) in [5, 5.41) is 8.97. The molecule has 0 fully saturated rings. The van der Waals surface area contributed by atoms with Crippen molar-refractivity contribution in [3.63, 3.8) is 0 Å². The quantitative estimate of drug-likeness (QED) is 0.919. The van der Waals surface area contributed by atoms with E-state index in [1.165, 1.54) is 11.3 Å². The summed E-state index contributed by atoms with van der Waals surface area (Å²) in [4.78, 5) is 12.3. The Morgan fingerprint density at radius 2 is 1.89 bits per heavy atom. The lowest BCUT2D eigenvalue weighted by Crippen LogP contribution is -1.99. The first-order valence-electron chi connectivity index (χ1n) is 6.00. The van der Waals surface area contributed by atoms with Crippen LogP contribution in [0.1, 0.15) is 31.2 Å². The Labute approximate surface area is 116 Å². The predicted molar refractivity (Wildman–Crippen MR) is 76.3 cm³/mol. The van der Waals surface area contributed by atoms with Crippen LogP contribution in [-0.2, 0) is 6.61 Å². The molecule has 0 saturated heterocycles. The zero-order valence-electron chi connectivity index (χ0n) is 11.2. The van der Waals surface area contributed by atoms with Crippen molar-refractivity contribution in [2.75, 3.05) is 0 Å². The van der Waals surface area contributed by atoms with Gasteiger partial charge in [-0.2, -0.15) is 0 Å². The maximum absolute atomic E-state index is 10.9. The van der Waals surface area contributed by atoms with E-state index in [1.807, 2.05) is 39.0 Å². The van der Waals surface area contributed by atoms with Crippen molar-refractivity contribution in [3.05, 3.63) is 50.7 Å². The lowest BCUT2D eigenvalue weighted by Gasteiger charge is -2.11. The Bertz CT molecular complexity index is 594. The monoisotopic (exact) mass is 276 g/mol. The summed E-state index contributed by atoms with van der Waals surface area (Å²) in [7, 11) is 0. The van der Waals surface area contributed by atoms with Crippen LogP contribution >= 0.6 is 11.3 Å². The van der Waals surface area contributed by atoms with Gasteiger partial charge in [0.1, 0.15) is 17.2 Å². The lowest BCUT2D eigenvalue weighted by molar-refractivity contribution is 0.0702. The number of carboxylic acid groups (broad SMARTS) is 1. The molecule has 1 heterocycles. The first kappa shape index (κ1) is 13.6. The molecule has 0 saturated carbocycles. The summed E-state index contributed by atoms with van der Waals surface area (Å²) in [5.74, 6) is -0.00334. The molecule has 0 aliphatic rings. The molecule has 1 N–H and O–H groups in total. The molecule has 0 radical (unpaired) electrons. The van der Waals surface area contributed by atoms with Gasteiger partial charge in [-0.25, -0.2) is 4.79 Å². The third kappa shape index (κ3) is 2.96. The molecule has 3 nitrogen and oxygen atoms in total. The van der Waals surface area contributed by atoms with E-state index in [0.29, 0.717) is 11.5 Å². The Morgan fingerprint density at radius 1 is 1.26 bits per heavy atom. The largest absolute Gasteiger partial charge is 0.488 e. The highest BCUT2D eigenvalue weighted by Crippen LogP contribution is 2.26. The summed E-state index contributed by atoms with van der Waals surface area (Å²) in [6.07, 6.45) is 0. The summed E-state index contributed by atoms with van der Waals surface area (Å²) < 4.78 is 5.84. The number of rotatable bonds is 4. The molecule has 0 aliphatic carbocycles. The molecule has 0 amide bonds. The number of hydrogen-bond donors (Lipinski definition) is 1. The highest BCUT2D eigenvalue weighted by molar-refractivity contribution is 7.14. The van der Waals surface area contributed by atoms with Gasteiger partial charge in [0.05, 0.1) is 0 Å². The van der Waals surface area contributed by atoms with Gasteiger partial charge in [-0.1, -0.05) is 18.2 Å². The molecule has 0 unspecified atom stereocenters. The van der Waals surface area contributed by atoms with Gasteiger partial charge >= 0.3 is 5.97 Å². The number of hydrogen-bond acceptors (Lipinski definition) is 3. The van der Waals surface area contributed by atoms with E-state index in [9.17, 15) is 4.79 Å². The molecule has 2 rings (SSSR count). The topological polar surface area (TPSA) is 46.5 Å². The Kier molecular flexibility index (Phi) is 3.90. The number of carboxylic acids is 1. The van der Waals surface area contributed by atoms with E-state index < -0.39 is 5.97 Å². The van der Waals surface area contributed by atoms with E-state index in [4.69, 9.17) is 9.84 Å². The third-order valence-electron chi connectivity index (χ3n) is 3.01. The van der Waals surface area contributed by atoms with E-state index in [1.54, 1.807) is 6.07 Å². The Morgan fingerprint density at radius 3 is 2.42 bits per heavy atom. The summed E-state index contributed by atoms with van der Waals surface area (Å²) in [5.41, 5.74) is 3.11. The average Bonchev–Trinajstić information content (AvgIpc) is 2.70. The zero-order valence-corrected chi connectivity index (χ0v) is 12.0. The molecular formula is C15H16O3S. The van der Waals surface area contributed by atoms with Crippen LogP contribution in [0.25, 0.3) is 0 Å². The van der Waals surface area contributed by atoms with Crippen LogP contribution in [0.2, 0.25) is 0 Å². The Hall–Kier alpha value is -1.81. The van der Waals surface area contributed by atoms with Crippen LogP contribution in [0, 0.1) is 20.8 Å². The molecule has 1 aromatic heterocycles. The van der Waals surface area contributed by atoms with Crippen molar-refractivity contribution < 1.29 is 14.6 Å². The minimum atomic E-state index is -0.883. The van der Waals surface area contributed by atoms with Gasteiger partial charge in [0.25, 0.3) is 0 Å². The fourth-order valence-corrected chi connectivity index (χ4v) is 2.81. The summed E-state index contributed by atoms with van der Waals surface area (Å²) in [6, 6.07) is 7.70. The fraction of sp³-hybridized carbons (Fsp3) is 0.267. The first-order chi connectivity index (χ1) is 8.99. The smallest absolute Gasteiger partial charge is 0.345 e. The van der Waals surface area contributed by atoms with Crippen molar-refractivity contribution >= 4 is 17.3 Å². The predicted octanol–water partition coefficient (Wildman–Crippen LogP) is 3.95. The normalized spacial score (nSPS) is 10.5. The molecule has 100 valence electrons. The molecule has 1 aromatic carbocycles. The Balaban J connectivity index is 2.17. The number of carbonyl (C=O) groups is 1. The van der Waals surface area contributed by atoms with Gasteiger partial charge in [0.2, 0.25) is 0 Å². The van der Waals surface area contributed by atoms with Crippen LogP contribution in [0.15, 0.2) is 24.3 Å². The number of aryl methyl sites for hydroxylation is 3. The fourth-order valence-electron chi connectivity index (χ4n) is 1.95. The van der Waals surface area contributed by atoms with Gasteiger partial charge in [-0.05, 0) is 38.0 Å². The number of aromatic carboxylic acids is 1. The van der Waals surface area contributed by atoms with Crippen molar-refractivity contribution in [2.45, 2.75) is 27.4 Å². The third-order valence-corrected chi connectivity index (χ3v) is 4.09.